The minimum Gasteiger partial charge on any atom is -0.478 e. The Morgan fingerprint density at radius 1 is 1.43 bits per heavy atom. The van der Waals surface area contributed by atoms with Crippen LogP contribution in [0.3, 0.4) is 0 Å². The van der Waals surface area contributed by atoms with Crippen LogP contribution in [0.2, 0.25) is 0 Å². The number of rotatable bonds is 3. The third kappa shape index (κ3) is 2.97. The fourth-order valence-electron chi connectivity index (χ4n) is 2.78. The summed E-state index contributed by atoms with van der Waals surface area (Å²) in [6.45, 7) is 4.34. The molecule has 0 saturated carbocycles. The fourth-order valence-corrected chi connectivity index (χ4v) is 2.78. The summed E-state index contributed by atoms with van der Waals surface area (Å²) in [5.74, 6) is 0.0517. The molecule has 3 heterocycles. The molecule has 0 bridgehead atoms. The highest BCUT2D eigenvalue weighted by atomic mass is 16.4. The highest BCUT2D eigenvalue weighted by molar-refractivity contribution is 5.89. The molecule has 0 aromatic carbocycles. The van der Waals surface area contributed by atoms with Gasteiger partial charge in [0, 0.05) is 25.2 Å². The molecule has 2 aromatic heterocycles. The Morgan fingerprint density at radius 3 is 2.95 bits per heavy atom. The number of furan rings is 1. The number of carboxylic acid groups (broad SMARTS) is 1. The topological polar surface area (TPSA) is 66.6 Å². The van der Waals surface area contributed by atoms with Gasteiger partial charge in [0.1, 0.15) is 5.76 Å². The SMILES string of the molecule is Cc1nc2c(cc1C(=O)O)CCN(Cc1ccco1)CC2. The second kappa shape index (κ2) is 5.69. The van der Waals surface area contributed by atoms with Gasteiger partial charge in [0.05, 0.1) is 24.1 Å². The van der Waals surface area contributed by atoms with Crippen molar-refractivity contribution in [2.24, 2.45) is 0 Å². The van der Waals surface area contributed by atoms with E-state index >= 15 is 0 Å². The van der Waals surface area contributed by atoms with Crippen LogP contribution in [0.5, 0.6) is 0 Å². The predicted octanol–water partition coefficient (Wildman–Crippen LogP) is 2.28. The summed E-state index contributed by atoms with van der Waals surface area (Å²) in [5, 5.41) is 9.20. The average Bonchev–Trinajstić information content (AvgIpc) is 2.87. The van der Waals surface area contributed by atoms with Gasteiger partial charge in [0.15, 0.2) is 0 Å². The van der Waals surface area contributed by atoms with Gasteiger partial charge in [0.2, 0.25) is 0 Å². The smallest absolute Gasteiger partial charge is 0.337 e. The Labute approximate surface area is 123 Å². The first-order valence-electron chi connectivity index (χ1n) is 7.11. The van der Waals surface area contributed by atoms with Gasteiger partial charge in [-0.1, -0.05) is 0 Å². The van der Waals surface area contributed by atoms with Crippen molar-refractivity contribution in [3.63, 3.8) is 0 Å². The largest absolute Gasteiger partial charge is 0.478 e. The lowest BCUT2D eigenvalue weighted by Gasteiger charge is -2.17. The average molecular weight is 286 g/mol. The van der Waals surface area contributed by atoms with Gasteiger partial charge >= 0.3 is 5.97 Å². The fraction of sp³-hybridized carbons (Fsp3) is 0.375. The van der Waals surface area contributed by atoms with Crippen molar-refractivity contribution < 1.29 is 14.3 Å². The van der Waals surface area contributed by atoms with E-state index in [4.69, 9.17) is 4.42 Å². The van der Waals surface area contributed by atoms with Gasteiger partial charge in [0.25, 0.3) is 0 Å². The van der Waals surface area contributed by atoms with E-state index in [2.05, 4.69) is 9.88 Å². The number of carboxylic acids is 1. The van der Waals surface area contributed by atoms with Crippen molar-refractivity contribution >= 4 is 5.97 Å². The maximum Gasteiger partial charge on any atom is 0.337 e. The number of fused-ring (bicyclic) bond motifs is 1. The van der Waals surface area contributed by atoms with E-state index in [1.165, 1.54) is 0 Å². The number of carbonyl (C=O) groups is 1. The van der Waals surface area contributed by atoms with Gasteiger partial charge < -0.3 is 9.52 Å². The summed E-state index contributed by atoms with van der Waals surface area (Å²) in [7, 11) is 0. The lowest BCUT2D eigenvalue weighted by Crippen LogP contribution is -2.25. The zero-order chi connectivity index (χ0) is 14.8. The maximum atomic E-state index is 11.2. The number of pyridine rings is 1. The summed E-state index contributed by atoms with van der Waals surface area (Å²) in [5.41, 5.74) is 2.99. The molecule has 5 nitrogen and oxygen atoms in total. The number of aryl methyl sites for hydroxylation is 1. The molecule has 0 atom stereocenters. The van der Waals surface area contributed by atoms with Crippen LogP contribution in [0, 0.1) is 6.92 Å². The van der Waals surface area contributed by atoms with Crippen LogP contribution in [0.15, 0.2) is 28.9 Å². The molecule has 2 aromatic rings. The number of hydrogen-bond acceptors (Lipinski definition) is 4. The number of hydrogen-bond donors (Lipinski definition) is 1. The lowest BCUT2D eigenvalue weighted by atomic mass is 10.0. The van der Waals surface area contributed by atoms with Crippen LogP contribution in [0.4, 0.5) is 0 Å². The Hall–Kier alpha value is -2.14. The predicted molar refractivity (Wildman–Crippen MR) is 77.3 cm³/mol. The van der Waals surface area contributed by atoms with Crippen molar-refractivity contribution in [1.29, 1.82) is 0 Å². The van der Waals surface area contributed by atoms with Crippen molar-refractivity contribution in [1.82, 2.24) is 9.88 Å². The minimum atomic E-state index is -0.903. The number of nitrogens with zero attached hydrogens (tertiary/aromatic N) is 2. The molecule has 110 valence electrons. The van der Waals surface area contributed by atoms with Crippen LogP contribution < -0.4 is 0 Å². The standard InChI is InChI=1S/C16H18N2O3/c1-11-14(16(19)20)9-12-4-6-18(7-5-15(12)17-11)10-13-3-2-8-21-13/h2-3,8-9H,4-7,10H2,1H3,(H,19,20). The molecule has 0 fully saturated rings. The van der Waals surface area contributed by atoms with E-state index in [9.17, 15) is 9.90 Å². The maximum absolute atomic E-state index is 11.2. The molecule has 1 aliphatic heterocycles. The summed E-state index contributed by atoms with van der Waals surface area (Å²) in [4.78, 5) is 18.0. The van der Waals surface area contributed by atoms with Crippen LogP contribution >= 0.6 is 0 Å². The summed E-state index contributed by atoms with van der Waals surface area (Å²) < 4.78 is 5.39. The first-order valence-corrected chi connectivity index (χ1v) is 7.11. The molecular weight excluding hydrogens is 268 g/mol. The second-order valence-electron chi connectivity index (χ2n) is 5.39. The molecule has 3 rings (SSSR count). The van der Waals surface area contributed by atoms with Crippen LogP contribution in [0.25, 0.3) is 0 Å². The molecule has 0 unspecified atom stereocenters. The van der Waals surface area contributed by atoms with Crippen molar-refractivity contribution in [2.75, 3.05) is 13.1 Å². The van der Waals surface area contributed by atoms with Gasteiger partial charge in [-0.15, -0.1) is 0 Å². The second-order valence-corrected chi connectivity index (χ2v) is 5.39. The van der Waals surface area contributed by atoms with Crippen molar-refractivity contribution in [3.05, 3.63) is 52.7 Å². The molecule has 0 radical (unpaired) electrons. The molecule has 0 amide bonds. The Balaban J connectivity index is 1.78. The first kappa shape index (κ1) is 13.8. The van der Waals surface area contributed by atoms with E-state index in [0.29, 0.717) is 11.3 Å². The van der Waals surface area contributed by atoms with E-state index in [-0.39, 0.29) is 0 Å². The van der Waals surface area contributed by atoms with Crippen molar-refractivity contribution in [3.8, 4) is 0 Å². The van der Waals surface area contributed by atoms with Crippen LogP contribution in [0.1, 0.15) is 33.1 Å². The summed E-state index contributed by atoms with van der Waals surface area (Å²) in [6.07, 6.45) is 3.35. The Morgan fingerprint density at radius 2 is 2.24 bits per heavy atom. The number of aromatic nitrogens is 1. The molecule has 0 aliphatic carbocycles. The Bertz CT molecular complexity index is 650. The highest BCUT2D eigenvalue weighted by Gasteiger charge is 2.19. The zero-order valence-electron chi connectivity index (χ0n) is 12.0. The van der Waals surface area contributed by atoms with Gasteiger partial charge in [-0.2, -0.15) is 0 Å². The molecule has 0 saturated heterocycles. The third-order valence-electron chi connectivity index (χ3n) is 3.93. The van der Waals surface area contributed by atoms with E-state index < -0.39 is 5.97 Å². The minimum absolute atomic E-state index is 0.313. The normalized spacial score (nSPS) is 15.5. The van der Waals surface area contributed by atoms with Crippen LogP contribution in [-0.2, 0) is 19.4 Å². The van der Waals surface area contributed by atoms with E-state index in [1.807, 2.05) is 12.1 Å². The molecule has 1 aliphatic rings. The zero-order valence-corrected chi connectivity index (χ0v) is 12.0. The highest BCUT2D eigenvalue weighted by Crippen LogP contribution is 2.19. The monoisotopic (exact) mass is 286 g/mol. The third-order valence-corrected chi connectivity index (χ3v) is 3.93. The van der Waals surface area contributed by atoms with Gasteiger partial charge in [-0.05, 0) is 37.1 Å². The first-order chi connectivity index (χ1) is 10.1. The van der Waals surface area contributed by atoms with Crippen molar-refractivity contribution in [2.45, 2.75) is 26.3 Å². The van der Waals surface area contributed by atoms with E-state index in [1.54, 1.807) is 19.3 Å². The molecule has 1 N–H and O–H groups in total. The lowest BCUT2D eigenvalue weighted by molar-refractivity contribution is 0.0695. The van der Waals surface area contributed by atoms with E-state index in [0.717, 1.165) is 49.5 Å². The molecule has 0 spiro atoms. The Kier molecular flexibility index (Phi) is 3.75. The van der Waals surface area contributed by atoms with Gasteiger partial charge in [-0.25, -0.2) is 4.79 Å². The van der Waals surface area contributed by atoms with Gasteiger partial charge in [-0.3, -0.25) is 9.88 Å². The molecule has 5 heteroatoms. The summed E-state index contributed by atoms with van der Waals surface area (Å²) >= 11 is 0. The molecule has 21 heavy (non-hydrogen) atoms. The van der Waals surface area contributed by atoms with Crippen LogP contribution in [-0.4, -0.2) is 34.0 Å². The quantitative estimate of drug-likeness (QED) is 0.937. The summed E-state index contributed by atoms with van der Waals surface area (Å²) in [6, 6.07) is 5.66. The number of aromatic carboxylic acids is 1. The molecular formula is C16H18N2O3.